The van der Waals surface area contributed by atoms with Crippen molar-refractivity contribution in [1.29, 1.82) is 0 Å². The van der Waals surface area contributed by atoms with Crippen molar-refractivity contribution in [2.75, 3.05) is 4.90 Å². The van der Waals surface area contributed by atoms with Crippen molar-refractivity contribution in [2.24, 2.45) is 11.8 Å². The maximum Gasteiger partial charge on any atom is 0.335 e. The van der Waals surface area contributed by atoms with Crippen LogP contribution < -0.4 is 4.90 Å². The van der Waals surface area contributed by atoms with E-state index in [-0.39, 0.29) is 23.5 Å². The van der Waals surface area contributed by atoms with Crippen molar-refractivity contribution in [3.63, 3.8) is 0 Å². The van der Waals surface area contributed by atoms with Gasteiger partial charge in [-0.3, -0.25) is 9.59 Å². The summed E-state index contributed by atoms with van der Waals surface area (Å²) < 4.78 is 5.75. The van der Waals surface area contributed by atoms with Gasteiger partial charge in [0.25, 0.3) is 0 Å². The topological polar surface area (TPSA) is 83.9 Å². The van der Waals surface area contributed by atoms with Crippen LogP contribution in [-0.4, -0.2) is 34.6 Å². The summed E-state index contributed by atoms with van der Waals surface area (Å²) >= 11 is 0. The van der Waals surface area contributed by atoms with Crippen LogP contribution in [0.3, 0.4) is 0 Å². The lowest BCUT2D eigenvalue weighted by molar-refractivity contribution is -0.126. The number of carboxylic acid groups (broad SMARTS) is 1. The fourth-order valence-corrected chi connectivity index (χ4v) is 3.66. The number of benzene rings is 1. The maximum atomic E-state index is 12.7. The van der Waals surface area contributed by atoms with E-state index < -0.39 is 23.4 Å². The van der Waals surface area contributed by atoms with Crippen LogP contribution in [0.5, 0.6) is 0 Å². The minimum Gasteiger partial charge on any atom is -0.478 e. The first-order valence-corrected chi connectivity index (χ1v) is 7.01. The first kappa shape index (κ1) is 13.2. The van der Waals surface area contributed by atoms with E-state index >= 15 is 0 Å². The summed E-state index contributed by atoms with van der Waals surface area (Å²) in [6.07, 6.45) is 3.33. The highest BCUT2D eigenvalue weighted by Crippen LogP contribution is 2.52. The van der Waals surface area contributed by atoms with Gasteiger partial charge in [0, 0.05) is 0 Å². The van der Waals surface area contributed by atoms with Crippen LogP contribution in [0.1, 0.15) is 17.3 Å². The molecule has 2 amide bonds. The van der Waals surface area contributed by atoms with Crippen molar-refractivity contribution >= 4 is 23.5 Å². The minimum atomic E-state index is -1.05. The summed E-state index contributed by atoms with van der Waals surface area (Å²) in [6, 6.07) is 5.74. The predicted molar refractivity (Wildman–Crippen MR) is 75.3 cm³/mol. The van der Waals surface area contributed by atoms with E-state index in [0.29, 0.717) is 5.69 Å². The number of rotatable bonds is 2. The molecule has 2 saturated heterocycles. The summed E-state index contributed by atoms with van der Waals surface area (Å²) in [6.45, 7) is 1.82. The molecule has 6 heteroatoms. The number of amides is 2. The average Bonchev–Trinajstić information content (AvgIpc) is 3.08. The second-order valence-electron chi connectivity index (χ2n) is 5.99. The van der Waals surface area contributed by atoms with Gasteiger partial charge in [0.2, 0.25) is 11.8 Å². The van der Waals surface area contributed by atoms with Gasteiger partial charge in [0.05, 0.1) is 34.8 Å². The number of hydrogen-bond donors (Lipinski definition) is 1. The highest BCUT2D eigenvalue weighted by molar-refractivity contribution is 6.23. The maximum absolute atomic E-state index is 12.7. The van der Waals surface area contributed by atoms with Crippen molar-refractivity contribution in [3.05, 3.63) is 42.0 Å². The van der Waals surface area contributed by atoms with Crippen molar-refractivity contribution in [2.45, 2.75) is 18.6 Å². The lowest BCUT2D eigenvalue weighted by atomic mass is 9.78. The fraction of sp³-hybridized carbons (Fsp3) is 0.312. The Hall–Kier alpha value is -2.47. The van der Waals surface area contributed by atoms with Crippen molar-refractivity contribution in [1.82, 2.24) is 0 Å². The third-order valence-electron chi connectivity index (χ3n) is 4.70. The van der Waals surface area contributed by atoms with Crippen LogP contribution in [0, 0.1) is 11.8 Å². The molecule has 0 radical (unpaired) electrons. The predicted octanol–water partition coefficient (Wildman–Crippen LogP) is 1.22. The molecule has 1 N–H and O–H groups in total. The number of hydrogen-bond acceptors (Lipinski definition) is 4. The Labute approximate surface area is 126 Å². The largest absolute Gasteiger partial charge is 0.478 e. The molecule has 6 nitrogen and oxygen atoms in total. The quantitative estimate of drug-likeness (QED) is 0.655. The zero-order chi connectivity index (χ0) is 15.6. The molecule has 3 heterocycles. The van der Waals surface area contributed by atoms with Crippen LogP contribution in [-0.2, 0) is 14.3 Å². The van der Waals surface area contributed by atoms with Crippen LogP contribution in [0.4, 0.5) is 5.69 Å². The summed E-state index contributed by atoms with van der Waals surface area (Å²) in [4.78, 5) is 37.4. The number of carbonyl (C=O) groups is 3. The smallest absolute Gasteiger partial charge is 0.335 e. The number of carbonyl (C=O) groups excluding carboxylic acids is 2. The summed E-state index contributed by atoms with van der Waals surface area (Å²) in [5.74, 6) is -2.61. The Morgan fingerprint density at radius 1 is 1.23 bits per heavy atom. The van der Waals surface area contributed by atoms with E-state index in [0.717, 1.165) is 4.90 Å². The van der Waals surface area contributed by atoms with Gasteiger partial charge < -0.3 is 9.84 Å². The van der Waals surface area contributed by atoms with Crippen molar-refractivity contribution < 1.29 is 24.2 Å². The monoisotopic (exact) mass is 299 g/mol. The molecule has 2 bridgehead atoms. The molecule has 4 rings (SSSR count). The molecular weight excluding hydrogens is 286 g/mol. The average molecular weight is 299 g/mol. The molecule has 22 heavy (non-hydrogen) atoms. The van der Waals surface area contributed by atoms with Gasteiger partial charge in [0.15, 0.2) is 0 Å². The Kier molecular flexibility index (Phi) is 2.43. The highest BCUT2D eigenvalue weighted by atomic mass is 16.5. The SMILES string of the molecule is C[C@]12C=C[C@@H](O1)[C@H]1C(=O)N(c3ccc(C(=O)O)cc3)C(=O)[C@@H]12. The minimum absolute atomic E-state index is 0.111. The van der Waals surface area contributed by atoms with E-state index in [4.69, 9.17) is 9.84 Å². The lowest BCUT2D eigenvalue weighted by Gasteiger charge is -2.24. The van der Waals surface area contributed by atoms with E-state index in [1.54, 1.807) is 0 Å². The number of imide groups is 1. The molecule has 1 aromatic carbocycles. The van der Waals surface area contributed by atoms with Crippen LogP contribution >= 0.6 is 0 Å². The van der Waals surface area contributed by atoms with Crippen LogP contribution in [0.15, 0.2) is 36.4 Å². The molecule has 1 aromatic rings. The van der Waals surface area contributed by atoms with Gasteiger partial charge >= 0.3 is 5.97 Å². The molecule has 4 atom stereocenters. The first-order valence-electron chi connectivity index (χ1n) is 7.01. The first-order chi connectivity index (χ1) is 10.4. The molecule has 0 aromatic heterocycles. The van der Waals surface area contributed by atoms with Gasteiger partial charge in [0.1, 0.15) is 0 Å². The van der Waals surface area contributed by atoms with Crippen LogP contribution in [0.2, 0.25) is 0 Å². The van der Waals surface area contributed by atoms with Gasteiger partial charge in [-0.05, 0) is 31.2 Å². The van der Waals surface area contributed by atoms with Crippen molar-refractivity contribution in [3.8, 4) is 0 Å². The summed E-state index contributed by atoms with van der Waals surface area (Å²) in [5, 5.41) is 8.92. The standard InChI is InChI=1S/C16H13NO5/c1-16-7-6-10(22-16)11-12(16)14(19)17(13(11)18)9-4-2-8(3-5-9)15(20)21/h2-7,10-12H,1H3,(H,20,21)/t10-,11-,12-,16-/m1/s1. The van der Waals surface area contributed by atoms with Gasteiger partial charge in [-0.1, -0.05) is 12.2 Å². The number of carboxylic acids is 1. The van der Waals surface area contributed by atoms with E-state index in [1.165, 1.54) is 24.3 Å². The number of fused-ring (bicyclic) bond motifs is 5. The molecule has 3 aliphatic rings. The molecule has 3 aliphatic heterocycles. The molecule has 0 aliphatic carbocycles. The number of anilines is 1. The Bertz CT molecular complexity index is 737. The zero-order valence-electron chi connectivity index (χ0n) is 11.7. The summed E-state index contributed by atoms with van der Waals surface area (Å²) in [7, 11) is 0. The Morgan fingerprint density at radius 2 is 1.91 bits per heavy atom. The van der Waals surface area contributed by atoms with Gasteiger partial charge in [-0.15, -0.1) is 0 Å². The third-order valence-corrected chi connectivity index (χ3v) is 4.70. The van der Waals surface area contributed by atoms with Gasteiger partial charge in [-0.25, -0.2) is 9.69 Å². The van der Waals surface area contributed by atoms with Crippen LogP contribution in [0.25, 0.3) is 0 Å². The Balaban J connectivity index is 1.71. The Morgan fingerprint density at radius 3 is 2.50 bits per heavy atom. The van der Waals surface area contributed by atoms with E-state index in [9.17, 15) is 14.4 Å². The number of aromatic carboxylic acids is 1. The lowest BCUT2D eigenvalue weighted by Crippen LogP contribution is -2.38. The normalized spacial score (nSPS) is 35.3. The fourth-order valence-electron chi connectivity index (χ4n) is 3.66. The highest BCUT2D eigenvalue weighted by Gasteiger charge is 2.65. The third kappa shape index (κ3) is 1.50. The van der Waals surface area contributed by atoms with Gasteiger partial charge in [-0.2, -0.15) is 0 Å². The molecule has 112 valence electrons. The summed E-state index contributed by atoms with van der Waals surface area (Å²) in [5.41, 5.74) is -0.213. The van der Waals surface area contributed by atoms with E-state index in [1.807, 2.05) is 19.1 Å². The second-order valence-corrected chi connectivity index (χ2v) is 5.99. The molecule has 2 fully saturated rings. The van der Waals surface area contributed by atoms with E-state index in [2.05, 4.69) is 0 Å². The molecular formula is C16H13NO5. The second kappa shape index (κ2) is 4.04. The molecule has 0 spiro atoms. The number of ether oxygens (including phenoxy) is 1. The zero-order valence-corrected chi connectivity index (χ0v) is 11.7. The molecule has 0 saturated carbocycles. The molecule has 0 unspecified atom stereocenters. The number of nitrogens with zero attached hydrogens (tertiary/aromatic N) is 1.